The van der Waals surface area contributed by atoms with Crippen molar-refractivity contribution in [3.8, 4) is 11.5 Å². The number of rotatable bonds is 7. The van der Waals surface area contributed by atoms with Gasteiger partial charge in [-0.15, -0.1) is 0 Å². The number of thioether (sulfide) groups is 1. The van der Waals surface area contributed by atoms with Gasteiger partial charge in [-0.2, -0.15) is 15.1 Å². The van der Waals surface area contributed by atoms with Crippen LogP contribution in [0.3, 0.4) is 0 Å². The first-order chi connectivity index (χ1) is 15.4. The van der Waals surface area contributed by atoms with Crippen LogP contribution >= 0.6 is 11.8 Å². The van der Waals surface area contributed by atoms with E-state index in [1.807, 2.05) is 36.4 Å². The molecule has 1 N–H and O–H groups in total. The van der Waals surface area contributed by atoms with Crippen LogP contribution in [-0.2, 0) is 11.4 Å². The van der Waals surface area contributed by atoms with E-state index in [2.05, 4.69) is 23.9 Å². The molecule has 0 saturated heterocycles. The molecule has 0 radical (unpaired) electrons. The maximum absolute atomic E-state index is 12.6. The van der Waals surface area contributed by atoms with E-state index in [4.69, 9.17) is 14.9 Å². The topological polar surface area (TPSA) is 87.3 Å². The van der Waals surface area contributed by atoms with E-state index in [1.165, 1.54) is 16.8 Å². The van der Waals surface area contributed by atoms with Crippen molar-refractivity contribution in [1.82, 2.24) is 5.01 Å². The summed E-state index contributed by atoms with van der Waals surface area (Å²) >= 11 is 1.35. The Hall–Kier alpha value is -3.39. The van der Waals surface area contributed by atoms with Gasteiger partial charge in [0.25, 0.3) is 5.91 Å². The molecular weight excluding hydrogens is 424 g/mol. The Morgan fingerprint density at radius 2 is 1.94 bits per heavy atom. The van der Waals surface area contributed by atoms with Gasteiger partial charge in [-0.3, -0.25) is 10.2 Å². The first-order valence-electron chi connectivity index (χ1n) is 10.3. The Bertz CT molecular complexity index is 1140. The smallest absolute Gasteiger partial charge is 0.283 e. The number of fused-ring (bicyclic) bond motifs is 1. The van der Waals surface area contributed by atoms with Crippen LogP contribution in [0.2, 0.25) is 0 Å². The summed E-state index contributed by atoms with van der Waals surface area (Å²) in [5.41, 5.74) is 1.94. The van der Waals surface area contributed by atoms with Gasteiger partial charge in [-0.25, -0.2) is 0 Å². The third kappa shape index (κ3) is 4.75. The lowest BCUT2D eigenvalue weighted by molar-refractivity contribution is -0.114. The zero-order valence-corrected chi connectivity index (χ0v) is 19.0. The van der Waals surface area contributed by atoms with E-state index in [-0.39, 0.29) is 11.4 Å². The zero-order valence-electron chi connectivity index (χ0n) is 18.2. The normalized spacial score (nSPS) is 16.9. The lowest BCUT2D eigenvalue weighted by Crippen LogP contribution is -2.35. The van der Waals surface area contributed by atoms with E-state index in [1.54, 1.807) is 25.3 Å². The quantitative estimate of drug-likeness (QED) is 0.606. The molecule has 8 heteroatoms. The van der Waals surface area contributed by atoms with E-state index >= 15 is 0 Å². The number of nitrogens with zero attached hydrogens (tertiary/aromatic N) is 3. The number of aliphatic imine (C=N–C) groups is 1. The molecule has 0 spiro atoms. The standard InChI is InChI=1S/C24H24N4O3S/c1-15(2)11-21-27-28-22(25)18(23(29)26-24(28)32-21)12-17-9-10-19(20(13-17)30-3)31-14-16-7-5-4-6-8-16/h4-10,12-13,15,25H,11,14H2,1-3H3/b18-12-,25-22?. The van der Waals surface area contributed by atoms with Crippen LogP contribution in [0.5, 0.6) is 11.5 Å². The van der Waals surface area contributed by atoms with E-state index in [0.717, 1.165) is 17.0 Å². The molecule has 0 atom stereocenters. The molecule has 0 fully saturated rings. The zero-order chi connectivity index (χ0) is 22.7. The molecule has 2 aliphatic rings. The molecule has 7 nitrogen and oxygen atoms in total. The molecule has 32 heavy (non-hydrogen) atoms. The second-order valence-corrected chi connectivity index (χ2v) is 8.84. The number of methoxy groups -OCH3 is 1. The number of amidine groups is 2. The SMILES string of the molecule is COc1cc(/C=C2/C(=N)N3N=C(CC(C)C)SC3=NC2=O)ccc1OCc1ccccc1. The lowest BCUT2D eigenvalue weighted by Gasteiger charge is -2.20. The van der Waals surface area contributed by atoms with Crippen LogP contribution in [0.15, 0.2) is 64.2 Å². The van der Waals surface area contributed by atoms with E-state index in [0.29, 0.717) is 34.8 Å². The predicted octanol–water partition coefficient (Wildman–Crippen LogP) is 4.94. The molecule has 2 heterocycles. The molecule has 1 amide bonds. The summed E-state index contributed by atoms with van der Waals surface area (Å²) in [5, 5.41) is 15.7. The van der Waals surface area contributed by atoms with Gasteiger partial charge < -0.3 is 9.47 Å². The van der Waals surface area contributed by atoms with Crippen LogP contribution in [0, 0.1) is 11.3 Å². The molecule has 0 saturated carbocycles. The summed E-state index contributed by atoms with van der Waals surface area (Å²) in [6.45, 7) is 4.62. The van der Waals surface area contributed by atoms with Crippen molar-refractivity contribution in [3.05, 3.63) is 65.2 Å². The van der Waals surface area contributed by atoms with Crippen LogP contribution < -0.4 is 9.47 Å². The highest BCUT2D eigenvalue weighted by Gasteiger charge is 2.35. The number of hydrogen-bond acceptors (Lipinski definition) is 6. The molecule has 164 valence electrons. The van der Waals surface area contributed by atoms with Crippen molar-refractivity contribution in [2.45, 2.75) is 26.9 Å². The minimum absolute atomic E-state index is 0.0228. The van der Waals surface area contributed by atoms with Crippen molar-refractivity contribution in [3.63, 3.8) is 0 Å². The minimum atomic E-state index is -0.446. The maximum Gasteiger partial charge on any atom is 0.283 e. The Kier molecular flexibility index (Phi) is 6.41. The number of hydrazone groups is 1. The number of carbonyl (C=O) groups is 1. The average Bonchev–Trinajstić information content (AvgIpc) is 3.17. The number of ether oxygens (including phenoxy) is 2. The summed E-state index contributed by atoms with van der Waals surface area (Å²) in [4.78, 5) is 16.8. The van der Waals surface area contributed by atoms with Crippen LogP contribution in [0.1, 0.15) is 31.4 Å². The fourth-order valence-electron chi connectivity index (χ4n) is 3.26. The van der Waals surface area contributed by atoms with Crippen LogP contribution in [0.4, 0.5) is 0 Å². The molecule has 4 rings (SSSR count). The van der Waals surface area contributed by atoms with Crippen molar-refractivity contribution >= 4 is 39.8 Å². The predicted molar refractivity (Wildman–Crippen MR) is 128 cm³/mol. The monoisotopic (exact) mass is 448 g/mol. The Balaban J connectivity index is 1.55. The second kappa shape index (κ2) is 9.40. The van der Waals surface area contributed by atoms with Gasteiger partial charge in [0, 0.05) is 6.42 Å². The van der Waals surface area contributed by atoms with Crippen LogP contribution in [-0.4, -0.2) is 34.1 Å². The summed E-state index contributed by atoms with van der Waals surface area (Å²) in [5.74, 6) is 1.15. The summed E-state index contributed by atoms with van der Waals surface area (Å²) in [6.07, 6.45) is 2.41. The van der Waals surface area contributed by atoms with Crippen molar-refractivity contribution in [2.75, 3.05) is 7.11 Å². The summed E-state index contributed by atoms with van der Waals surface area (Å²) in [6, 6.07) is 15.3. The Labute approximate surface area is 191 Å². The fraction of sp³-hybridized carbons (Fsp3) is 0.250. The van der Waals surface area contributed by atoms with E-state index in [9.17, 15) is 4.79 Å². The number of hydrogen-bond donors (Lipinski definition) is 1. The molecule has 0 bridgehead atoms. The summed E-state index contributed by atoms with van der Waals surface area (Å²) < 4.78 is 11.4. The van der Waals surface area contributed by atoms with Gasteiger partial charge in [-0.1, -0.05) is 50.2 Å². The Morgan fingerprint density at radius 3 is 2.66 bits per heavy atom. The molecule has 2 aromatic carbocycles. The molecule has 2 aliphatic heterocycles. The third-order valence-electron chi connectivity index (χ3n) is 4.82. The Morgan fingerprint density at radius 1 is 1.16 bits per heavy atom. The number of benzene rings is 2. The number of carbonyl (C=O) groups excluding carboxylic acids is 1. The first-order valence-corrected chi connectivity index (χ1v) is 11.1. The highest BCUT2D eigenvalue weighted by molar-refractivity contribution is 8.26. The lowest BCUT2D eigenvalue weighted by atomic mass is 10.1. The minimum Gasteiger partial charge on any atom is -0.493 e. The highest BCUT2D eigenvalue weighted by Crippen LogP contribution is 2.32. The van der Waals surface area contributed by atoms with Gasteiger partial charge in [0.15, 0.2) is 17.3 Å². The maximum atomic E-state index is 12.6. The fourth-order valence-corrected chi connectivity index (χ4v) is 4.36. The first kappa shape index (κ1) is 21.8. The van der Waals surface area contributed by atoms with Crippen LogP contribution in [0.25, 0.3) is 6.08 Å². The summed E-state index contributed by atoms with van der Waals surface area (Å²) in [7, 11) is 1.57. The number of amides is 1. The van der Waals surface area contributed by atoms with Gasteiger partial charge in [-0.05, 0) is 47.0 Å². The third-order valence-corrected chi connectivity index (χ3v) is 5.75. The van der Waals surface area contributed by atoms with Gasteiger partial charge in [0.2, 0.25) is 5.17 Å². The molecular formula is C24H24N4O3S. The van der Waals surface area contributed by atoms with Gasteiger partial charge >= 0.3 is 0 Å². The highest BCUT2D eigenvalue weighted by atomic mass is 32.2. The van der Waals surface area contributed by atoms with Gasteiger partial charge in [0.05, 0.1) is 12.7 Å². The van der Waals surface area contributed by atoms with E-state index < -0.39 is 5.91 Å². The number of nitrogens with one attached hydrogen (secondary N) is 1. The van der Waals surface area contributed by atoms with Crippen molar-refractivity contribution < 1.29 is 14.3 Å². The molecule has 0 aromatic heterocycles. The molecule has 2 aromatic rings. The largest absolute Gasteiger partial charge is 0.493 e. The second-order valence-electron chi connectivity index (χ2n) is 7.80. The molecule has 0 unspecified atom stereocenters. The average molecular weight is 449 g/mol. The van der Waals surface area contributed by atoms with Gasteiger partial charge in [0.1, 0.15) is 11.7 Å². The van der Waals surface area contributed by atoms with Crippen molar-refractivity contribution in [1.29, 1.82) is 5.41 Å². The van der Waals surface area contributed by atoms with Crippen molar-refractivity contribution in [2.24, 2.45) is 16.0 Å². The molecule has 0 aliphatic carbocycles.